The van der Waals surface area contributed by atoms with Gasteiger partial charge in [-0.1, -0.05) is 6.92 Å². The molecule has 1 saturated heterocycles. The van der Waals surface area contributed by atoms with E-state index in [2.05, 4.69) is 21.8 Å². The molecule has 0 spiro atoms. The van der Waals surface area contributed by atoms with Gasteiger partial charge in [0, 0.05) is 32.1 Å². The van der Waals surface area contributed by atoms with Gasteiger partial charge in [0.25, 0.3) is 0 Å². The number of nitrogens with zero attached hydrogens (tertiary/aromatic N) is 2. The predicted molar refractivity (Wildman–Crippen MR) is 63.2 cm³/mol. The van der Waals surface area contributed by atoms with Crippen molar-refractivity contribution in [2.45, 2.75) is 45.4 Å². The van der Waals surface area contributed by atoms with E-state index in [1.165, 1.54) is 12.8 Å². The number of rotatable bonds is 6. The van der Waals surface area contributed by atoms with E-state index in [-0.39, 0.29) is 0 Å². The second-order valence-corrected chi connectivity index (χ2v) is 4.30. The number of hydrogen-bond acceptors (Lipinski definition) is 3. The Kier molecular flexibility index (Phi) is 4.36. The van der Waals surface area contributed by atoms with Crippen LogP contribution in [0.5, 0.6) is 0 Å². The molecule has 16 heavy (non-hydrogen) atoms. The summed E-state index contributed by atoms with van der Waals surface area (Å²) in [6.45, 7) is 5.95. The quantitative estimate of drug-likeness (QED) is 0.795. The summed E-state index contributed by atoms with van der Waals surface area (Å²) in [6.07, 6.45) is 7.88. The molecule has 2 heterocycles. The summed E-state index contributed by atoms with van der Waals surface area (Å²) >= 11 is 0. The van der Waals surface area contributed by atoms with Gasteiger partial charge in [-0.05, 0) is 19.3 Å². The van der Waals surface area contributed by atoms with Gasteiger partial charge in [0.2, 0.25) is 0 Å². The van der Waals surface area contributed by atoms with E-state index in [1.807, 2.05) is 12.4 Å². The lowest BCUT2D eigenvalue weighted by Crippen LogP contribution is -2.27. The van der Waals surface area contributed by atoms with Crippen molar-refractivity contribution >= 4 is 0 Å². The number of ether oxygens (including phenoxy) is 1. The van der Waals surface area contributed by atoms with Crippen LogP contribution in [0, 0.1) is 0 Å². The lowest BCUT2D eigenvalue weighted by molar-refractivity contribution is 0.109. The summed E-state index contributed by atoms with van der Waals surface area (Å²) in [5.41, 5.74) is 0. The fraction of sp³-hybridized carbons (Fsp3) is 0.750. The number of imidazole rings is 1. The second kappa shape index (κ2) is 6.01. The van der Waals surface area contributed by atoms with Crippen LogP contribution in [0.4, 0.5) is 0 Å². The molecular weight excluding hydrogens is 202 g/mol. The van der Waals surface area contributed by atoms with Crippen LogP contribution in [-0.4, -0.2) is 28.8 Å². The zero-order chi connectivity index (χ0) is 11.2. The number of aromatic nitrogens is 2. The molecule has 4 heteroatoms. The van der Waals surface area contributed by atoms with E-state index in [4.69, 9.17) is 4.74 Å². The second-order valence-electron chi connectivity index (χ2n) is 4.30. The third kappa shape index (κ3) is 3.06. The van der Waals surface area contributed by atoms with Gasteiger partial charge in [-0.15, -0.1) is 0 Å². The van der Waals surface area contributed by atoms with Crippen molar-refractivity contribution in [1.29, 1.82) is 0 Å². The number of aryl methyl sites for hydroxylation is 1. The predicted octanol–water partition coefficient (Wildman–Crippen LogP) is 1.56. The molecule has 0 saturated carbocycles. The summed E-state index contributed by atoms with van der Waals surface area (Å²) in [7, 11) is 0. The molecule has 1 N–H and O–H groups in total. The lowest BCUT2D eigenvalue weighted by atomic mass is 10.2. The van der Waals surface area contributed by atoms with E-state index < -0.39 is 0 Å². The van der Waals surface area contributed by atoms with Crippen LogP contribution in [0.3, 0.4) is 0 Å². The normalized spacial score (nSPS) is 20.4. The van der Waals surface area contributed by atoms with Gasteiger partial charge in [-0.2, -0.15) is 0 Å². The maximum atomic E-state index is 5.56. The monoisotopic (exact) mass is 223 g/mol. The highest BCUT2D eigenvalue weighted by atomic mass is 16.5. The molecule has 0 bridgehead atoms. The molecule has 0 unspecified atom stereocenters. The van der Waals surface area contributed by atoms with Crippen LogP contribution in [0.15, 0.2) is 12.4 Å². The topological polar surface area (TPSA) is 39.1 Å². The van der Waals surface area contributed by atoms with E-state index in [9.17, 15) is 0 Å². The molecule has 1 aliphatic heterocycles. The van der Waals surface area contributed by atoms with Crippen molar-refractivity contribution in [2.24, 2.45) is 0 Å². The summed E-state index contributed by atoms with van der Waals surface area (Å²) in [4.78, 5) is 4.36. The van der Waals surface area contributed by atoms with Crippen molar-refractivity contribution in [2.75, 3.05) is 13.2 Å². The Bertz CT molecular complexity index is 305. The molecule has 90 valence electrons. The minimum absolute atomic E-state index is 0.412. The third-order valence-electron chi connectivity index (χ3n) is 2.95. The molecular formula is C12H21N3O. The van der Waals surface area contributed by atoms with E-state index >= 15 is 0 Å². The van der Waals surface area contributed by atoms with Crippen LogP contribution in [0.2, 0.25) is 0 Å². The Morgan fingerprint density at radius 3 is 3.31 bits per heavy atom. The summed E-state index contributed by atoms with van der Waals surface area (Å²) in [5.74, 6) is 1.12. The first-order chi connectivity index (χ1) is 7.90. The van der Waals surface area contributed by atoms with Gasteiger partial charge in [0.15, 0.2) is 0 Å². The van der Waals surface area contributed by atoms with E-state index in [1.54, 1.807) is 0 Å². The van der Waals surface area contributed by atoms with Gasteiger partial charge < -0.3 is 14.6 Å². The molecule has 2 rings (SSSR count). The van der Waals surface area contributed by atoms with Crippen molar-refractivity contribution in [3.05, 3.63) is 18.2 Å². The van der Waals surface area contributed by atoms with Crippen molar-refractivity contribution < 1.29 is 4.74 Å². The average molecular weight is 223 g/mol. The van der Waals surface area contributed by atoms with Crippen LogP contribution in [-0.2, 0) is 17.8 Å². The third-order valence-corrected chi connectivity index (χ3v) is 2.95. The van der Waals surface area contributed by atoms with Gasteiger partial charge in [0.1, 0.15) is 5.82 Å². The Morgan fingerprint density at radius 1 is 1.62 bits per heavy atom. The van der Waals surface area contributed by atoms with Crippen LogP contribution in [0.1, 0.15) is 32.0 Å². The van der Waals surface area contributed by atoms with Crippen molar-refractivity contribution in [3.63, 3.8) is 0 Å². The fourth-order valence-corrected chi connectivity index (χ4v) is 2.10. The largest absolute Gasteiger partial charge is 0.377 e. The molecule has 1 fully saturated rings. The summed E-state index contributed by atoms with van der Waals surface area (Å²) in [5, 5.41) is 3.42. The molecule has 0 radical (unpaired) electrons. The van der Waals surface area contributed by atoms with Crippen LogP contribution >= 0.6 is 0 Å². The van der Waals surface area contributed by atoms with Gasteiger partial charge >= 0.3 is 0 Å². The minimum Gasteiger partial charge on any atom is -0.377 e. The SMILES string of the molecule is CCCn1ccnc1CNC[C@@H]1CCCO1. The highest BCUT2D eigenvalue weighted by Crippen LogP contribution is 2.10. The Hall–Kier alpha value is -0.870. The highest BCUT2D eigenvalue weighted by Gasteiger charge is 2.14. The highest BCUT2D eigenvalue weighted by molar-refractivity contribution is 4.92. The standard InChI is InChI=1S/C12H21N3O/c1-2-6-15-7-5-14-12(15)10-13-9-11-4-3-8-16-11/h5,7,11,13H,2-4,6,8-10H2,1H3/t11-/m0/s1. The zero-order valence-corrected chi connectivity index (χ0v) is 9.98. The molecule has 0 aliphatic carbocycles. The molecule has 1 aromatic rings. The van der Waals surface area contributed by atoms with Crippen molar-refractivity contribution in [3.8, 4) is 0 Å². The fourth-order valence-electron chi connectivity index (χ4n) is 2.10. The van der Waals surface area contributed by atoms with E-state index in [0.29, 0.717) is 6.10 Å². The lowest BCUT2D eigenvalue weighted by Gasteiger charge is -2.11. The van der Waals surface area contributed by atoms with E-state index in [0.717, 1.165) is 38.5 Å². The zero-order valence-electron chi connectivity index (χ0n) is 9.98. The molecule has 0 aromatic carbocycles. The molecule has 1 aromatic heterocycles. The Labute approximate surface area is 97.0 Å². The minimum atomic E-state index is 0.412. The smallest absolute Gasteiger partial charge is 0.122 e. The number of hydrogen-bond donors (Lipinski definition) is 1. The van der Waals surface area contributed by atoms with Crippen LogP contribution < -0.4 is 5.32 Å². The molecule has 1 aliphatic rings. The van der Waals surface area contributed by atoms with Gasteiger partial charge in [-0.3, -0.25) is 0 Å². The summed E-state index contributed by atoms with van der Waals surface area (Å²) in [6, 6.07) is 0. The Morgan fingerprint density at radius 2 is 2.56 bits per heavy atom. The van der Waals surface area contributed by atoms with Crippen molar-refractivity contribution in [1.82, 2.24) is 14.9 Å². The molecule has 4 nitrogen and oxygen atoms in total. The maximum Gasteiger partial charge on any atom is 0.122 e. The Balaban J connectivity index is 1.73. The average Bonchev–Trinajstić information content (AvgIpc) is 2.91. The first-order valence-electron chi connectivity index (χ1n) is 6.22. The number of nitrogens with one attached hydrogen (secondary N) is 1. The van der Waals surface area contributed by atoms with Crippen LogP contribution in [0.25, 0.3) is 0 Å². The first kappa shape index (κ1) is 11.6. The molecule has 1 atom stereocenters. The maximum absolute atomic E-state index is 5.56. The summed E-state index contributed by atoms with van der Waals surface area (Å²) < 4.78 is 7.77. The first-order valence-corrected chi connectivity index (χ1v) is 6.22. The van der Waals surface area contributed by atoms with Gasteiger partial charge in [0.05, 0.1) is 12.6 Å². The van der Waals surface area contributed by atoms with Gasteiger partial charge in [-0.25, -0.2) is 4.98 Å². The molecule has 0 amide bonds.